The molecule has 3 heterocycles. The van der Waals surface area contributed by atoms with Crippen LogP contribution in [0.1, 0.15) is 42.4 Å². The molecule has 1 aromatic carbocycles. The molecule has 132 valence electrons. The van der Waals surface area contributed by atoms with E-state index in [2.05, 4.69) is 20.2 Å². The normalized spacial score (nSPS) is 14.8. The third-order valence-corrected chi connectivity index (χ3v) is 4.93. The molecule has 0 N–H and O–H groups in total. The van der Waals surface area contributed by atoms with Crippen molar-refractivity contribution in [3.63, 3.8) is 0 Å². The monoisotopic (exact) mass is 374 g/mol. The van der Waals surface area contributed by atoms with Crippen LogP contribution in [0.25, 0.3) is 16.6 Å². The van der Waals surface area contributed by atoms with Crippen LogP contribution in [0.2, 0.25) is 5.02 Å². The van der Waals surface area contributed by atoms with E-state index in [1.807, 2.05) is 24.3 Å². The molecule has 0 radical (unpaired) electrons. The maximum atomic E-state index is 13.2. The van der Waals surface area contributed by atoms with E-state index in [1.165, 1.54) is 4.68 Å². The lowest BCUT2D eigenvalue weighted by Gasteiger charge is -2.03. The second-order valence-electron chi connectivity index (χ2n) is 6.38. The molecule has 0 bridgehead atoms. The van der Waals surface area contributed by atoms with E-state index >= 15 is 0 Å². The molecule has 1 saturated carbocycles. The highest BCUT2D eigenvalue weighted by Gasteiger charge is 2.34. The summed E-state index contributed by atoms with van der Waals surface area (Å²) in [5.74, 6) is 0.659. The van der Waals surface area contributed by atoms with Crippen LogP contribution >= 0.6 is 11.6 Å². The number of para-hydroxylation sites is 1. The van der Waals surface area contributed by atoms with Gasteiger partial charge < -0.3 is 0 Å². The van der Waals surface area contributed by atoms with Crippen molar-refractivity contribution in [2.24, 2.45) is 0 Å². The Morgan fingerprint density at radius 2 is 2.00 bits per heavy atom. The number of benzene rings is 1. The molecule has 1 aliphatic carbocycles. The van der Waals surface area contributed by atoms with Gasteiger partial charge in [0.2, 0.25) is 0 Å². The van der Waals surface area contributed by atoms with Crippen molar-refractivity contribution in [1.82, 2.24) is 29.4 Å². The maximum absolute atomic E-state index is 13.2. The highest BCUT2D eigenvalue weighted by molar-refractivity contribution is 6.32. The minimum atomic E-state index is -2.71. The van der Waals surface area contributed by atoms with Gasteiger partial charge in [0.05, 0.1) is 16.2 Å². The number of fused-ring (bicyclic) bond motifs is 3. The summed E-state index contributed by atoms with van der Waals surface area (Å²) in [5.41, 5.74) is 1.78. The zero-order chi connectivity index (χ0) is 17.8. The molecule has 0 saturated heterocycles. The maximum Gasteiger partial charge on any atom is 0.283 e. The van der Waals surface area contributed by atoms with Gasteiger partial charge in [-0.3, -0.25) is 4.68 Å². The molecule has 3 aromatic heterocycles. The quantitative estimate of drug-likeness (QED) is 0.542. The van der Waals surface area contributed by atoms with Crippen LogP contribution in [0.5, 0.6) is 0 Å². The van der Waals surface area contributed by atoms with Gasteiger partial charge in [0, 0.05) is 11.3 Å². The van der Waals surface area contributed by atoms with Crippen LogP contribution in [-0.4, -0.2) is 29.4 Å². The predicted molar refractivity (Wildman–Crippen MR) is 91.6 cm³/mol. The highest BCUT2D eigenvalue weighted by atomic mass is 35.5. The third-order valence-electron chi connectivity index (χ3n) is 4.54. The molecule has 9 heteroatoms. The van der Waals surface area contributed by atoms with Gasteiger partial charge in [-0.05, 0) is 25.0 Å². The van der Waals surface area contributed by atoms with Gasteiger partial charge in [0.15, 0.2) is 11.5 Å². The Hall–Kier alpha value is -2.61. The average molecular weight is 375 g/mol. The Kier molecular flexibility index (Phi) is 3.43. The first-order valence-corrected chi connectivity index (χ1v) is 8.63. The van der Waals surface area contributed by atoms with Crippen molar-refractivity contribution in [2.75, 3.05) is 0 Å². The minimum absolute atomic E-state index is 0.0679. The van der Waals surface area contributed by atoms with E-state index in [9.17, 15) is 8.78 Å². The molecule has 0 spiro atoms. The summed E-state index contributed by atoms with van der Waals surface area (Å²) in [6.45, 7) is 0.189. The van der Waals surface area contributed by atoms with E-state index in [-0.39, 0.29) is 23.2 Å². The first-order chi connectivity index (χ1) is 12.6. The fourth-order valence-electron chi connectivity index (χ4n) is 3.20. The summed E-state index contributed by atoms with van der Waals surface area (Å²) < 4.78 is 29.5. The van der Waals surface area contributed by atoms with Gasteiger partial charge in [-0.1, -0.05) is 23.7 Å². The fraction of sp³-hybridized carbons (Fsp3) is 0.294. The van der Waals surface area contributed by atoms with Crippen LogP contribution < -0.4 is 0 Å². The number of hydrogen-bond donors (Lipinski definition) is 0. The van der Waals surface area contributed by atoms with Crippen LogP contribution in [0.4, 0.5) is 8.78 Å². The topological polar surface area (TPSA) is 60.9 Å². The number of alkyl halides is 2. The van der Waals surface area contributed by atoms with Crippen molar-refractivity contribution in [3.8, 4) is 0 Å². The Bertz CT molecular complexity index is 1130. The van der Waals surface area contributed by atoms with Gasteiger partial charge in [-0.25, -0.2) is 23.3 Å². The van der Waals surface area contributed by atoms with Crippen molar-refractivity contribution in [3.05, 3.63) is 52.8 Å². The molecule has 5 rings (SSSR count). The van der Waals surface area contributed by atoms with E-state index in [1.54, 1.807) is 10.8 Å². The van der Waals surface area contributed by atoms with Crippen LogP contribution in [0.3, 0.4) is 0 Å². The number of aromatic nitrogens is 6. The van der Waals surface area contributed by atoms with E-state index in [0.717, 1.165) is 23.7 Å². The summed E-state index contributed by atoms with van der Waals surface area (Å²) in [6.07, 6.45) is 0.752. The molecule has 0 amide bonds. The summed E-state index contributed by atoms with van der Waals surface area (Å²) in [6, 6.07) is 7.64. The molecular weight excluding hydrogens is 362 g/mol. The van der Waals surface area contributed by atoms with Gasteiger partial charge in [0.1, 0.15) is 18.6 Å². The number of hydrogen-bond acceptors (Lipinski definition) is 4. The predicted octanol–water partition coefficient (Wildman–Crippen LogP) is 3.99. The van der Waals surface area contributed by atoms with Gasteiger partial charge in [-0.15, -0.1) is 5.10 Å². The molecular formula is C17H13ClF2N6. The lowest BCUT2D eigenvalue weighted by molar-refractivity contribution is 0.145. The Morgan fingerprint density at radius 1 is 1.19 bits per heavy atom. The van der Waals surface area contributed by atoms with Crippen molar-refractivity contribution >= 4 is 28.2 Å². The molecule has 1 aliphatic rings. The summed E-state index contributed by atoms with van der Waals surface area (Å²) >= 11 is 6.16. The van der Waals surface area contributed by atoms with Crippen LogP contribution in [-0.2, 0) is 6.54 Å². The lowest BCUT2D eigenvalue weighted by atomic mass is 10.2. The smallest absolute Gasteiger partial charge is 0.260 e. The van der Waals surface area contributed by atoms with Gasteiger partial charge in [-0.2, -0.15) is 5.10 Å². The zero-order valence-electron chi connectivity index (χ0n) is 13.5. The standard InChI is InChI=1S/C17H13ClF2N6/c18-13-14(16(19)20)24-25(15(13)9-5-6-9)7-12-22-17-10-3-1-2-4-11(10)21-8-26(17)23-12/h1-4,8-9,16H,5-7H2. The summed E-state index contributed by atoms with van der Waals surface area (Å²) in [7, 11) is 0. The molecule has 4 aromatic rings. The molecule has 1 fully saturated rings. The Balaban J connectivity index is 1.59. The molecule has 6 nitrogen and oxygen atoms in total. The minimum Gasteiger partial charge on any atom is -0.260 e. The van der Waals surface area contributed by atoms with Crippen molar-refractivity contribution in [1.29, 1.82) is 0 Å². The summed E-state index contributed by atoms with van der Waals surface area (Å²) in [4.78, 5) is 8.91. The summed E-state index contributed by atoms with van der Waals surface area (Å²) in [5, 5.41) is 9.39. The average Bonchev–Trinajstić information content (AvgIpc) is 3.28. The molecule has 0 aliphatic heterocycles. The zero-order valence-corrected chi connectivity index (χ0v) is 14.2. The number of halogens is 3. The Morgan fingerprint density at radius 3 is 2.77 bits per heavy atom. The van der Waals surface area contributed by atoms with E-state index in [4.69, 9.17) is 11.6 Å². The van der Waals surface area contributed by atoms with Gasteiger partial charge in [0.25, 0.3) is 6.43 Å². The molecule has 0 atom stereocenters. The van der Waals surface area contributed by atoms with E-state index < -0.39 is 6.43 Å². The highest BCUT2D eigenvalue weighted by Crippen LogP contribution is 2.45. The van der Waals surface area contributed by atoms with Crippen molar-refractivity contribution < 1.29 is 8.78 Å². The Labute approximate surface area is 151 Å². The van der Waals surface area contributed by atoms with Gasteiger partial charge >= 0.3 is 0 Å². The van der Waals surface area contributed by atoms with Crippen LogP contribution in [0.15, 0.2) is 30.6 Å². The fourth-order valence-corrected chi connectivity index (χ4v) is 3.58. The van der Waals surface area contributed by atoms with E-state index in [0.29, 0.717) is 17.2 Å². The first-order valence-electron chi connectivity index (χ1n) is 8.25. The van der Waals surface area contributed by atoms with Crippen LogP contribution in [0, 0.1) is 0 Å². The third kappa shape index (κ3) is 2.44. The SMILES string of the molecule is FC(F)c1nn(Cc2nc3c4ccccc4ncn3n2)c(C2CC2)c1Cl. The lowest BCUT2D eigenvalue weighted by Crippen LogP contribution is -2.07. The molecule has 0 unspecified atom stereocenters. The second kappa shape index (κ2) is 5.70. The first kappa shape index (κ1) is 15.6. The largest absolute Gasteiger partial charge is 0.283 e. The number of rotatable bonds is 4. The number of nitrogens with zero attached hydrogens (tertiary/aromatic N) is 6. The molecule has 26 heavy (non-hydrogen) atoms. The second-order valence-corrected chi connectivity index (χ2v) is 6.75. The van der Waals surface area contributed by atoms with Crippen molar-refractivity contribution in [2.45, 2.75) is 31.7 Å².